The Morgan fingerprint density at radius 3 is 2.09 bits per heavy atom. The number of halogens is 2. The maximum Gasteiger partial charge on any atom is 3.00 e. The molecule has 2 aliphatic carbocycles. The van der Waals surface area contributed by atoms with E-state index in [1.807, 2.05) is 0 Å². The molecule has 1 fully saturated rings. The van der Waals surface area contributed by atoms with Crippen molar-refractivity contribution in [1.82, 2.24) is 4.57 Å². The minimum Gasteiger partial charge on any atom is -1.00 e. The van der Waals surface area contributed by atoms with E-state index in [0.717, 1.165) is 11.5 Å². The van der Waals surface area contributed by atoms with Gasteiger partial charge in [0.25, 0.3) is 0 Å². The third-order valence-corrected chi connectivity index (χ3v) is 14.3. The first kappa shape index (κ1) is 34.8. The largest absolute Gasteiger partial charge is 3.00 e. The summed E-state index contributed by atoms with van der Waals surface area (Å²) in [4.78, 5) is 0. The average Bonchev–Trinajstić information content (AvgIpc) is 3.67. The van der Waals surface area contributed by atoms with Crippen molar-refractivity contribution in [3.05, 3.63) is 125 Å². The molecule has 1 nitrogen and oxygen atoms in total. The second-order valence-electron chi connectivity index (χ2n) is 13.3. The Bertz CT molecular complexity index is 1770. The third-order valence-electron chi connectivity index (χ3n) is 10.2. The van der Waals surface area contributed by atoms with Crippen LogP contribution in [0.3, 0.4) is 0 Å². The number of hydrogen-bond donors (Lipinski definition) is 0. The number of nitrogens with zero attached hydrogens (tertiary/aromatic N) is 1. The van der Waals surface area contributed by atoms with Crippen molar-refractivity contribution in [2.24, 2.45) is 0 Å². The van der Waals surface area contributed by atoms with Gasteiger partial charge in [0.2, 0.25) is 0 Å². The molecule has 1 unspecified atom stereocenters. The van der Waals surface area contributed by atoms with Crippen molar-refractivity contribution in [1.29, 1.82) is 0 Å². The topological polar surface area (TPSA) is 4.93 Å². The molecule has 0 saturated heterocycles. The molecule has 9 rings (SSSR count). The Hall–Kier alpha value is -2.03. The van der Waals surface area contributed by atoms with E-state index < -0.39 is 8.07 Å². The maximum absolute atomic E-state index is 2.52. The van der Waals surface area contributed by atoms with Crippen LogP contribution in [0.4, 0.5) is 0 Å². The quantitative estimate of drug-likeness (QED) is 0.183. The van der Waals surface area contributed by atoms with E-state index in [-0.39, 0.29) is 51.0 Å². The Balaban J connectivity index is 0.000000190. The number of hydrogen-bond acceptors (Lipinski definition) is 0. The van der Waals surface area contributed by atoms with Gasteiger partial charge in [0, 0.05) is 22.6 Å². The number of aryl methyl sites for hydroxylation is 2. The van der Waals surface area contributed by atoms with E-state index in [2.05, 4.69) is 129 Å². The van der Waals surface area contributed by atoms with E-state index in [9.17, 15) is 0 Å². The molecule has 1 saturated carbocycles. The number of benzene rings is 3. The van der Waals surface area contributed by atoms with Crippen LogP contribution in [0.5, 0.6) is 0 Å². The molecule has 2 aliphatic heterocycles. The maximum atomic E-state index is 2.52. The standard InChI is InChI=1S/C22H23.C17H19NSi.2ClH.Zr/c1-16-14-20-8-5-9-21(22(20)15-16)19-12-10-18(11-13-19)17-6-3-2-4-7-17;1-11-10-14-15(17-12(2)16(14)19(17,3)4)18(11)13-8-6-5-7-9-13;;;/h5,8-15,17H,2-4,6-7H2,1H3;5-10,17H,1-4H3;2*1H;/q-1;;;;+3/p-2. The number of para-hydroxylation sites is 1. The number of rotatable bonds is 3. The van der Waals surface area contributed by atoms with E-state index in [1.165, 1.54) is 76.5 Å². The van der Waals surface area contributed by atoms with Gasteiger partial charge in [-0.3, -0.25) is 0 Å². The second kappa shape index (κ2) is 13.8. The minimum atomic E-state index is -1.19. The summed E-state index contributed by atoms with van der Waals surface area (Å²) in [5.41, 5.74) is 13.8. The molecule has 4 aliphatic rings. The van der Waals surface area contributed by atoms with E-state index in [0.29, 0.717) is 0 Å². The van der Waals surface area contributed by atoms with Crippen molar-refractivity contribution < 1.29 is 51.0 Å². The molecule has 5 heteroatoms. The molecule has 2 bridgehead atoms. The van der Waals surface area contributed by atoms with E-state index in [1.54, 1.807) is 22.0 Å². The summed E-state index contributed by atoms with van der Waals surface area (Å²) in [5, 5.41) is 4.46. The van der Waals surface area contributed by atoms with Crippen molar-refractivity contribution >= 4 is 24.0 Å². The fourth-order valence-corrected chi connectivity index (χ4v) is 12.7. The predicted octanol–water partition coefficient (Wildman–Crippen LogP) is 5.04. The Kier molecular flexibility index (Phi) is 10.9. The summed E-state index contributed by atoms with van der Waals surface area (Å²) >= 11 is 0. The van der Waals surface area contributed by atoms with Crippen LogP contribution in [-0.2, 0) is 26.2 Å². The van der Waals surface area contributed by atoms with Gasteiger partial charge in [-0.15, -0.1) is 34.5 Å². The van der Waals surface area contributed by atoms with Crippen LogP contribution < -0.4 is 24.8 Å². The zero-order valence-electron chi connectivity index (χ0n) is 26.6. The van der Waals surface area contributed by atoms with E-state index in [4.69, 9.17) is 0 Å². The fraction of sp³-hybridized carbons (Fsp3) is 0.308. The van der Waals surface area contributed by atoms with Crippen LogP contribution in [0, 0.1) is 13.8 Å². The zero-order chi connectivity index (χ0) is 28.3. The van der Waals surface area contributed by atoms with Gasteiger partial charge in [0.1, 0.15) is 0 Å². The molecular weight excluding hydrogens is 673 g/mol. The molecule has 1 radical (unpaired) electrons. The van der Waals surface area contributed by atoms with Crippen LogP contribution in [-0.4, -0.2) is 12.6 Å². The zero-order valence-corrected chi connectivity index (χ0v) is 31.5. The Morgan fingerprint density at radius 2 is 1.43 bits per heavy atom. The van der Waals surface area contributed by atoms with Crippen LogP contribution in [0.15, 0.2) is 96.6 Å². The van der Waals surface area contributed by atoms with Gasteiger partial charge < -0.3 is 29.4 Å². The minimum absolute atomic E-state index is 0. The smallest absolute Gasteiger partial charge is 1.00 e. The molecule has 0 amide bonds. The SMILES string of the molecule is CC1=C2c3cc(C)n(-c4ccccc4)c3C1[Si]2(C)C.Cc1cc2c(-c3ccc(C4CCCCC4)cc3)cccc2[cH-]1.[Cl-].[Cl-].[Zr+3]. The van der Waals surface area contributed by atoms with Crippen LogP contribution in [0.2, 0.25) is 13.1 Å². The van der Waals surface area contributed by atoms with Crippen LogP contribution >= 0.6 is 0 Å². The fourth-order valence-electron chi connectivity index (χ4n) is 8.44. The summed E-state index contributed by atoms with van der Waals surface area (Å²) in [7, 11) is -1.19. The van der Waals surface area contributed by atoms with Gasteiger partial charge >= 0.3 is 26.2 Å². The summed E-state index contributed by atoms with van der Waals surface area (Å²) in [6, 6.07) is 33.8. The summed E-state index contributed by atoms with van der Waals surface area (Å²) < 4.78 is 2.48. The Morgan fingerprint density at radius 1 is 0.750 bits per heavy atom. The molecule has 4 aromatic carbocycles. The third kappa shape index (κ3) is 5.84. The number of aromatic nitrogens is 1. The average molecular weight is 715 g/mol. The predicted molar refractivity (Wildman–Crippen MR) is 179 cm³/mol. The van der Waals surface area contributed by atoms with Gasteiger partial charge in [-0.25, -0.2) is 0 Å². The van der Waals surface area contributed by atoms with Crippen LogP contribution in [0.1, 0.15) is 78.6 Å². The second-order valence-corrected chi connectivity index (χ2v) is 17.8. The van der Waals surface area contributed by atoms with Crippen molar-refractivity contribution in [3.8, 4) is 16.8 Å². The molecule has 44 heavy (non-hydrogen) atoms. The molecule has 0 spiro atoms. The summed E-state index contributed by atoms with van der Waals surface area (Å²) in [5.74, 6) is 0.791. The summed E-state index contributed by atoms with van der Waals surface area (Å²) in [6.45, 7) is 11.8. The molecule has 3 heterocycles. The molecule has 1 aromatic heterocycles. The molecule has 1 atom stereocenters. The summed E-state index contributed by atoms with van der Waals surface area (Å²) in [6.07, 6.45) is 6.97. The first-order chi connectivity index (χ1) is 19.8. The molecule has 5 aromatic rings. The number of fused-ring (bicyclic) bond motifs is 1. The molecule has 225 valence electrons. The first-order valence-electron chi connectivity index (χ1n) is 15.6. The van der Waals surface area contributed by atoms with Gasteiger partial charge in [0.05, 0.1) is 8.07 Å². The van der Waals surface area contributed by atoms with Gasteiger partial charge in [-0.2, -0.15) is 6.07 Å². The number of allylic oxidation sites excluding steroid dienone is 1. The van der Waals surface area contributed by atoms with Gasteiger partial charge in [-0.05, 0) is 67.5 Å². The molecule has 0 N–H and O–H groups in total. The monoisotopic (exact) mass is 712 g/mol. The van der Waals surface area contributed by atoms with Crippen molar-refractivity contribution in [3.63, 3.8) is 0 Å². The Labute approximate surface area is 296 Å². The first-order valence-corrected chi connectivity index (χ1v) is 18.7. The van der Waals surface area contributed by atoms with E-state index >= 15 is 0 Å². The van der Waals surface area contributed by atoms with Crippen LogP contribution in [0.25, 0.3) is 32.8 Å². The van der Waals surface area contributed by atoms with Crippen molar-refractivity contribution in [2.75, 3.05) is 0 Å². The van der Waals surface area contributed by atoms with Crippen molar-refractivity contribution in [2.45, 2.75) is 77.4 Å². The van der Waals surface area contributed by atoms with Gasteiger partial charge in [0.15, 0.2) is 0 Å². The van der Waals surface area contributed by atoms with Gasteiger partial charge in [-0.1, -0.05) is 104 Å². The normalized spacial score (nSPS) is 17.8. The molecular formula is C39H42Cl2NSiZr.